The summed E-state index contributed by atoms with van der Waals surface area (Å²) in [5, 5.41) is 6.45. The number of hydrogen-bond donors (Lipinski definition) is 2. The molecule has 2 N–H and O–H groups in total. The Bertz CT molecular complexity index is 631. The van der Waals surface area contributed by atoms with E-state index in [1.54, 1.807) is 7.05 Å². The van der Waals surface area contributed by atoms with E-state index in [4.69, 9.17) is 0 Å². The van der Waals surface area contributed by atoms with Gasteiger partial charge in [-0.05, 0) is 56.3 Å². The maximum Gasteiger partial charge on any atom is 0.241 e. The van der Waals surface area contributed by atoms with Crippen LogP contribution in [0.4, 0.5) is 0 Å². The third-order valence-corrected chi connectivity index (χ3v) is 5.68. The minimum atomic E-state index is 0.157. The normalized spacial score (nSPS) is 18.8. The number of hydrogen-bond acceptors (Lipinski definition) is 3. The summed E-state index contributed by atoms with van der Waals surface area (Å²) >= 11 is 0. The van der Waals surface area contributed by atoms with Gasteiger partial charge in [0.05, 0.1) is 6.54 Å². The molecular formula is C22H35N5O. The zero-order chi connectivity index (χ0) is 19.6. The van der Waals surface area contributed by atoms with E-state index in [-0.39, 0.29) is 5.91 Å². The Hall–Kier alpha value is -2.08. The standard InChI is InChI=1S/C22H35N5O/c1-23-22(25-17-21(28)27-14-6-3-7-15-27)24-16-19-8-10-20(11-9-19)18-26-12-4-2-5-13-26/h8-11H,2-7,12-18H2,1H3,(H2,23,24,25). The Morgan fingerprint density at radius 3 is 2.14 bits per heavy atom. The second-order valence-corrected chi connectivity index (χ2v) is 7.87. The van der Waals surface area contributed by atoms with E-state index in [9.17, 15) is 4.79 Å². The molecule has 0 saturated carbocycles. The minimum Gasteiger partial charge on any atom is -0.352 e. The van der Waals surface area contributed by atoms with Crippen molar-refractivity contribution in [2.45, 2.75) is 51.6 Å². The Labute approximate surface area is 169 Å². The van der Waals surface area contributed by atoms with Gasteiger partial charge < -0.3 is 15.5 Å². The van der Waals surface area contributed by atoms with Crippen molar-refractivity contribution >= 4 is 11.9 Å². The number of guanidine groups is 1. The maximum absolute atomic E-state index is 12.3. The van der Waals surface area contributed by atoms with Gasteiger partial charge in [0.1, 0.15) is 0 Å². The third-order valence-electron chi connectivity index (χ3n) is 5.68. The SMILES string of the molecule is CN=C(NCC(=O)N1CCCCC1)NCc1ccc(CN2CCCCC2)cc1. The fraction of sp³-hybridized carbons (Fsp3) is 0.636. The molecule has 0 unspecified atom stereocenters. The molecule has 0 atom stereocenters. The van der Waals surface area contributed by atoms with Gasteiger partial charge in [-0.3, -0.25) is 14.7 Å². The largest absolute Gasteiger partial charge is 0.352 e. The first-order valence-corrected chi connectivity index (χ1v) is 10.8. The number of carbonyl (C=O) groups is 1. The van der Waals surface area contributed by atoms with Crippen LogP contribution in [0.25, 0.3) is 0 Å². The van der Waals surface area contributed by atoms with Gasteiger partial charge in [0, 0.05) is 33.2 Å². The topological polar surface area (TPSA) is 60.0 Å². The molecule has 2 heterocycles. The average Bonchev–Trinajstić information content (AvgIpc) is 2.76. The molecule has 1 amide bonds. The predicted octanol–water partition coefficient (Wildman–Crippen LogP) is 2.35. The fourth-order valence-corrected chi connectivity index (χ4v) is 3.96. The van der Waals surface area contributed by atoms with E-state index in [2.05, 4.69) is 44.8 Å². The number of carbonyl (C=O) groups excluding carboxylic acids is 1. The maximum atomic E-state index is 12.3. The van der Waals surface area contributed by atoms with Crippen molar-refractivity contribution in [1.29, 1.82) is 0 Å². The first kappa shape index (κ1) is 20.6. The summed E-state index contributed by atoms with van der Waals surface area (Å²) in [4.78, 5) is 21.0. The summed E-state index contributed by atoms with van der Waals surface area (Å²) in [6.07, 6.45) is 7.50. The van der Waals surface area contributed by atoms with Gasteiger partial charge in [0.15, 0.2) is 5.96 Å². The van der Waals surface area contributed by atoms with Crippen LogP contribution in [0, 0.1) is 0 Å². The van der Waals surface area contributed by atoms with Crippen LogP contribution in [-0.2, 0) is 17.9 Å². The van der Waals surface area contributed by atoms with Gasteiger partial charge in [-0.15, -0.1) is 0 Å². The van der Waals surface area contributed by atoms with Crippen molar-refractivity contribution in [3.8, 4) is 0 Å². The van der Waals surface area contributed by atoms with E-state index in [1.807, 2.05) is 4.90 Å². The summed E-state index contributed by atoms with van der Waals surface area (Å²) in [6, 6.07) is 8.81. The lowest BCUT2D eigenvalue weighted by molar-refractivity contribution is -0.130. The summed E-state index contributed by atoms with van der Waals surface area (Å²) < 4.78 is 0. The van der Waals surface area contributed by atoms with Crippen LogP contribution in [0.5, 0.6) is 0 Å². The molecule has 6 heteroatoms. The van der Waals surface area contributed by atoms with Gasteiger partial charge in [0.2, 0.25) is 5.91 Å². The molecule has 2 aliphatic rings. The van der Waals surface area contributed by atoms with Crippen molar-refractivity contribution in [3.63, 3.8) is 0 Å². The van der Waals surface area contributed by atoms with E-state index >= 15 is 0 Å². The molecule has 2 aliphatic heterocycles. The summed E-state index contributed by atoms with van der Waals surface area (Å²) in [5.74, 6) is 0.826. The predicted molar refractivity (Wildman–Crippen MR) is 114 cm³/mol. The van der Waals surface area contributed by atoms with Crippen molar-refractivity contribution in [1.82, 2.24) is 20.4 Å². The van der Waals surface area contributed by atoms with Crippen LogP contribution < -0.4 is 10.6 Å². The molecule has 0 aromatic heterocycles. The second-order valence-electron chi connectivity index (χ2n) is 7.87. The molecule has 1 aromatic carbocycles. The van der Waals surface area contributed by atoms with Crippen molar-refractivity contribution in [2.75, 3.05) is 39.8 Å². The first-order chi connectivity index (χ1) is 13.7. The highest BCUT2D eigenvalue weighted by Crippen LogP contribution is 2.13. The molecule has 0 spiro atoms. The first-order valence-electron chi connectivity index (χ1n) is 10.8. The van der Waals surface area contributed by atoms with E-state index in [0.29, 0.717) is 19.0 Å². The number of aliphatic imine (C=N–C) groups is 1. The highest BCUT2D eigenvalue weighted by molar-refractivity contribution is 5.86. The molecule has 2 saturated heterocycles. The Morgan fingerprint density at radius 2 is 1.50 bits per heavy atom. The van der Waals surface area contributed by atoms with E-state index in [1.165, 1.54) is 49.9 Å². The van der Waals surface area contributed by atoms with Gasteiger partial charge >= 0.3 is 0 Å². The average molecular weight is 386 g/mol. The highest BCUT2D eigenvalue weighted by atomic mass is 16.2. The zero-order valence-electron chi connectivity index (χ0n) is 17.3. The Morgan fingerprint density at radius 1 is 0.893 bits per heavy atom. The second kappa shape index (κ2) is 11.1. The van der Waals surface area contributed by atoms with Gasteiger partial charge in [-0.1, -0.05) is 30.7 Å². The zero-order valence-corrected chi connectivity index (χ0v) is 17.3. The number of piperidine rings is 2. The van der Waals surface area contributed by atoms with Crippen LogP contribution in [0.1, 0.15) is 49.7 Å². The van der Waals surface area contributed by atoms with Crippen LogP contribution in [-0.4, -0.2) is 61.4 Å². The molecule has 154 valence electrons. The van der Waals surface area contributed by atoms with Gasteiger partial charge in [-0.25, -0.2) is 0 Å². The number of amides is 1. The Balaban J connectivity index is 1.39. The van der Waals surface area contributed by atoms with E-state index in [0.717, 1.165) is 32.5 Å². The van der Waals surface area contributed by atoms with Crippen LogP contribution in [0.2, 0.25) is 0 Å². The lowest BCUT2D eigenvalue weighted by Gasteiger charge is -2.27. The molecule has 0 radical (unpaired) electrons. The van der Waals surface area contributed by atoms with Crippen LogP contribution in [0.3, 0.4) is 0 Å². The molecular weight excluding hydrogens is 350 g/mol. The molecule has 28 heavy (non-hydrogen) atoms. The summed E-state index contributed by atoms with van der Waals surface area (Å²) in [6.45, 7) is 6.26. The molecule has 3 rings (SSSR count). The quantitative estimate of drug-likeness (QED) is 0.583. The van der Waals surface area contributed by atoms with E-state index < -0.39 is 0 Å². The monoisotopic (exact) mass is 385 g/mol. The molecule has 6 nitrogen and oxygen atoms in total. The molecule has 2 fully saturated rings. The van der Waals surface area contributed by atoms with Crippen molar-refractivity contribution < 1.29 is 4.79 Å². The van der Waals surface area contributed by atoms with Crippen molar-refractivity contribution in [2.24, 2.45) is 4.99 Å². The lowest BCUT2D eigenvalue weighted by atomic mass is 10.1. The smallest absolute Gasteiger partial charge is 0.241 e. The molecule has 0 bridgehead atoms. The number of likely N-dealkylation sites (tertiary alicyclic amines) is 2. The Kier molecular flexibility index (Phi) is 8.15. The van der Waals surface area contributed by atoms with Crippen LogP contribution in [0.15, 0.2) is 29.3 Å². The minimum absolute atomic E-state index is 0.157. The fourth-order valence-electron chi connectivity index (χ4n) is 3.96. The molecule has 1 aromatic rings. The van der Waals surface area contributed by atoms with Crippen molar-refractivity contribution in [3.05, 3.63) is 35.4 Å². The number of benzene rings is 1. The third kappa shape index (κ3) is 6.51. The summed E-state index contributed by atoms with van der Waals surface area (Å²) in [7, 11) is 1.74. The number of rotatable bonds is 6. The number of nitrogens with one attached hydrogen (secondary N) is 2. The van der Waals surface area contributed by atoms with Gasteiger partial charge in [0.25, 0.3) is 0 Å². The molecule has 0 aliphatic carbocycles. The van der Waals surface area contributed by atoms with Gasteiger partial charge in [-0.2, -0.15) is 0 Å². The summed E-state index contributed by atoms with van der Waals surface area (Å²) in [5.41, 5.74) is 2.59. The lowest BCUT2D eigenvalue weighted by Crippen LogP contribution is -2.45. The van der Waals surface area contributed by atoms with Crippen LogP contribution >= 0.6 is 0 Å². The highest BCUT2D eigenvalue weighted by Gasteiger charge is 2.16. The number of nitrogens with zero attached hydrogens (tertiary/aromatic N) is 3.